The van der Waals surface area contributed by atoms with Gasteiger partial charge in [-0.2, -0.15) is 5.10 Å². The Bertz CT molecular complexity index is 1010. The number of hydrogen-bond acceptors (Lipinski definition) is 4. The van der Waals surface area contributed by atoms with Crippen LogP contribution in [0.25, 0.3) is 22.4 Å². The summed E-state index contributed by atoms with van der Waals surface area (Å²) in [6.45, 7) is 6.31. The number of aryl methyl sites for hydroxylation is 3. The molecule has 0 saturated carbocycles. The van der Waals surface area contributed by atoms with Gasteiger partial charge >= 0.3 is 0 Å². The van der Waals surface area contributed by atoms with Gasteiger partial charge in [-0.15, -0.1) is 10.2 Å². The second-order valence-electron chi connectivity index (χ2n) is 5.89. The molecular weight excluding hydrogens is 288 g/mol. The van der Waals surface area contributed by atoms with E-state index in [1.807, 2.05) is 15.3 Å². The lowest BCUT2D eigenvalue weighted by molar-refractivity contribution is 0.811. The quantitative estimate of drug-likeness (QED) is 0.583. The van der Waals surface area contributed by atoms with Crippen LogP contribution in [0.3, 0.4) is 0 Å². The van der Waals surface area contributed by atoms with Crippen molar-refractivity contribution in [1.29, 1.82) is 0 Å². The highest BCUT2D eigenvalue weighted by Crippen LogP contribution is 2.22. The number of aromatic nitrogens is 6. The summed E-state index contributed by atoms with van der Waals surface area (Å²) in [5, 5.41) is 14.1. The molecule has 1 aromatic carbocycles. The molecule has 23 heavy (non-hydrogen) atoms. The third-order valence-electron chi connectivity index (χ3n) is 4.10. The van der Waals surface area contributed by atoms with Crippen molar-refractivity contribution in [3.8, 4) is 5.69 Å². The summed E-state index contributed by atoms with van der Waals surface area (Å²) in [5.74, 6) is 0.941. The van der Waals surface area contributed by atoms with Gasteiger partial charge in [0.25, 0.3) is 0 Å². The maximum atomic E-state index is 4.61. The van der Waals surface area contributed by atoms with Gasteiger partial charge in [-0.25, -0.2) is 9.67 Å². The maximum Gasteiger partial charge on any atom is 0.174 e. The van der Waals surface area contributed by atoms with Crippen LogP contribution >= 0.6 is 0 Å². The van der Waals surface area contributed by atoms with Crippen molar-refractivity contribution in [3.63, 3.8) is 0 Å². The molecule has 0 aliphatic rings. The van der Waals surface area contributed by atoms with E-state index >= 15 is 0 Å². The average molecular weight is 306 g/mol. The second kappa shape index (κ2) is 5.15. The van der Waals surface area contributed by atoms with E-state index in [4.69, 9.17) is 0 Å². The third-order valence-corrected chi connectivity index (χ3v) is 4.10. The lowest BCUT2D eigenvalue weighted by Gasteiger charge is -2.07. The van der Waals surface area contributed by atoms with Crippen molar-refractivity contribution in [2.75, 3.05) is 0 Å². The number of nitrogens with zero attached hydrogens (tertiary/aromatic N) is 6. The predicted molar refractivity (Wildman–Crippen MR) is 88.9 cm³/mol. The zero-order valence-electron chi connectivity index (χ0n) is 13.5. The minimum Gasteiger partial charge on any atom is -0.269 e. The van der Waals surface area contributed by atoms with Gasteiger partial charge in [0.15, 0.2) is 11.3 Å². The highest BCUT2D eigenvalue weighted by atomic mass is 15.3. The van der Waals surface area contributed by atoms with Crippen molar-refractivity contribution >= 4 is 16.7 Å². The monoisotopic (exact) mass is 306 g/mol. The summed E-state index contributed by atoms with van der Waals surface area (Å²) in [6, 6.07) is 6.32. The Morgan fingerprint density at radius 1 is 1.09 bits per heavy atom. The first-order valence-electron chi connectivity index (χ1n) is 7.83. The first-order chi connectivity index (χ1) is 11.2. The minimum atomic E-state index is 0.805. The van der Waals surface area contributed by atoms with Gasteiger partial charge in [0.05, 0.1) is 17.3 Å². The second-order valence-corrected chi connectivity index (χ2v) is 5.89. The zero-order valence-corrected chi connectivity index (χ0v) is 13.5. The van der Waals surface area contributed by atoms with E-state index < -0.39 is 0 Å². The minimum absolute atomic E-state index is 0.805. The van der Waals surface area contributed by atoms with Gasteiger partial charge in [0.1, 0.15) is 12.2 Å². The van der Waals surface area contributed by atoms with Crippen LogP contribution in [0, 0.1) is 13.8 Å². The molecular formula is C17H18N6. The molecule has 0 atom stereocenters. The molecule has 0 fully saturated rings. The number of rotatable bonds is 3. The fourth-order valence-corrected chi connectivity index (χ4v) is 2.98. The van der Waals surface area contributed by atoms with Crippen LogP contribution in [0.5, 0.6) is 0 Å². The number of benzene rings is 1. The molecule has 0 saturated heterocycles. The molecule has 0 bridgehead atoms. The molecule has 0 amide bonds. The van der Waals surface area contributed by atoms with Crippen LogP contribution in [0.15, 0.2) is 30.7 Å². The Labute approximate surface area is 133 Å². The lowest BCUT2D eigenvalue weighted by Crippen LogP contribution is -2.02. The molecule has 6 nitrogen and oxygen atoms in total. The van der Waals surface area contributed by atoms with Crippen molar-refractivity contribution in [1.82, 2.24) is 29.4 Å². The van der Waals surface area contributed by atoms with Crippen molar-refractivity contribution in [3.05, 3.63) is 47.7 Å². The summed E-state index contributed by atoms with van der Waals surface area (Å²) in [5.41, 5.74) is 5.06. The summed E-state index contributed by atoms with van der Waals surface area (Å²) < 4.78 is 3.83. The number of hydrogen-bond donors (Lipinski definition) is 0. The molecule has 4 aromatic rings. The first kappa shape index (κ1) is 13.9. The summed E-state index contributed by atoms with van der Waals surface area (Å²) in [6.07, 6.45) is 5.53. The van der Waals surface area contributed by atoms with E-state index in [1.165, 1.54) is 11.1 Å². The van der Waals surface area contributed by atoms with Crippen LogP contribution in [-0.2, 0) is 6.42 Å². The molecule has 3 aromatic heterocycles. The van der Waals surface area contributed by atoms with E-state index in [1.54, 1.807) is 6.33 Å². The molecule has 0 unspecified atom stereocenters. The Morgan fingerprint density at radius 2 is 1.96 bits per heavy atom. The Balaban J connectivity index is 1.95. The highest BCUT2D eigenvalue weighted by molar-refractivity contribution is 5.89. The first-order valence-corrected chi connectivity index (χ1v) is 7.83. The smallest absolute Gasteiger partial charge is 0.174 e. The fourth-order valence-electron chi connectivity index (χ4n) is 2.98. The van der Waals surface area contributed by atoms with Gasteiger partial charge < -0.3 is 0 Å². The molecule has 0 aliphatic carbocycles. The predicted octanol–water partition coefficient (Wildman–Crippen LogP) is 3.03. The summed E-state index contributed by atoms with van der Waals surface area (Å²) >= 11 is 0. The van der Waals surface area contributed by atoms with E-state index in [0.717, 1.165) is 41.0 Å². The fraction of sp³-hybridized carbons (Fsp3) is 0.294. The molecule has 0 aliphatic heterocycles. The van der Waals surface area contributed by atoms with Gasteiger partial charge in [0, 0.05) is 6.42 Å². The molecule has 0 N–H and O–H groups in total. The Kier molecular flexibility index (Phi) is 3.11. The molecule has 0 radical (unpaired) electrons. The number of fused-ring (bicyclic) bond motifs is 3. The van der Waals surface area contributed by atoms with Crippen LogP contribution in [-0.4, -0.2) is 29.4 Å². The van der Waals surface area contributed by atoms with E-state index in [9.17, 15) is 0 Å². The topological polar surface area (TPSA) is 60.9 Å². The SMILES string of the molecule is CCCc1nnc2c3cnn(-c4ccc(C)cc4C)c3ncn12. The van der Waals surface area contributed by atoms with E-state index in [-0.39, 0.29) is 0 Å². The van der Waals surface area contributed by atoms with Gasteiger partial charge in [-0.1, -0.05) is 24.6 Å². The van der Waals surface area contributed by atoms with Gasteiger partial charge in [0.2, 0.25) is 0 Å². The van der Waals surface area contributed by atoms with Crippen molar-refractivity contribution in [2.45, 2.75) is 33.6 Å². The highest BCUT2D eigenvalue weighted by Gasteiger charge is 2.14. The van der Waals surface area contributed by atoms with E-state index in [0.29, 0.717) is 0 Å². The molecule has 4 rings (SSSR count). The van der Waals surface area contributed by atoms with Crippen molar-refractivity contribution < 1.29 is 0 Å². The molecule has 3 heterocycles. The average Bonchev–Trinajstić information content (AvgIpc) is 3.12. The largest absolute Gasteiger partial charge is 0.269 e. The maximum absolute atomic E-state index is 4.61. The van der Waals surface area contributed by atoms with Crippen LogP contribution in [0.4, 0.5) is 0 Å². The molecule has 6 heteroatoms. The zero-order chi connectivity index (χ0) is 16.0. The Hall–Kier alpha value is -2.76. The normalized spacial score (nSPS) is 11.6. The van der Waals surface area contributed by atoms with Gasteiger partial charge in [-0.05, 0) is 31.9 Å². The Morgan fingerprint density at radius 3 is 2.74 bits per heavy atom. The van der Waals surface area contributed by atoms with Gasteiger partial charge in [-0.3, -0.25) is 4.40 Å². The van der Waals surface area contributed by atoms with Crippen LogP contribution < -0.4 is 0 Å². The standard InChI is InChI=1S/C17H18N6/c1-4-5-15-20-21-17-13-9-19-23(16(13)18-10-22(15)17)14-7-6-11(2)8-12(14)3/h6-10H,4-5H2,1-3H3. The summed E-state index contributed by atoms with van der Waals surface area (Å²) in [4.78, 5) is 4.61. The van der Waals surface area contributed by atoms with E-state index in [2.05, 4.69) is 59.3 Å². The van der Waals surface area contributed by atoms with Crippen molar-refractivity contribution in [2.24, 2.45) is 0 Å². The van der Waals surface area contributed by atoms with Crippen LogP contribution in [0.1, 0.15) is 30.3 Å². The molecule has 0 spiro atoms. The lowest BCUT2D eigenvalue weighted by atomic mass is 10.1. The third kappa shape index (κ3) is 2.10. The van der Waals surface area contributed by atoms with Crippen LogP contribution in [0.2, 0.25) is 0 Å². The molecule has 116 valence electrons. The summed E-state index contributed by atoms with van der Waals surface area (Å²) in [7, 11) is 0.